The van der Waals surface area contributed by atoms with Crippen molar-refractivity contribution in [3.05, 3.63) is 24.1 Å². The topological polar surface area (TPSA) is 61.3 Å². The largest absolute Gasteiger partial charge is 0.497 e. The number of ether oxygens (including phenoxy) is 1. The molecule has 72 valence electrons. The minimum absolute atomic E-state index is 0.153. The molecule has 0 amide bonds. The number of hydrogen-bond donors (Lipinski definition) is 1. The van der Waals surface area contributed by atoms with Crippen LogP contribution in [0.2, 0.25) is 0 Å². The molecule has 1 heterocycles. The maximum absolute atomic E-state index is 5.39. The summed E-state index contributed by atoms with van der Waals surface area (Å²) in [6.45, 7) is 0. The van der Waals surface area contributed by atoms with Gasteiger partial charge < -0.3 is 14.9 Å². The fourth-order valence-electron chi connectivity index (χ4n) is 1.14. The molecule has 2 rings (SSSR count). The lowest BCUT2D eigenvalue weighted by Gasteiger charge is -1.95. The number of nitrogens with two attached hydrogens (primary N) is 1. The van der Waals surface area contributed by atoms with Crippen molar-refractivity contribution in [3.8, 4) is 5.75 Å². The Bertz CT molecular complexity index is 493. The van der Waals surface area contributed by atoms with Crippen LogP contribution >= 0.6 is 12.2 Å². The molecular weight excluding hydrogens is 200 g/mol. The Balaban J connectivity index is 2.60. The molecule has 4 nitrogen and oxygen atoms in total. The molecule has 0 aliphatic rings. The van der Waals surface area contributed by atoms with Gasteiger partial charge in [-0.05, 0) is 12.1 Å². The summed E-state index contributed by atoms with van der Waals surface area (Å²) in [7, 11) is 1.59. The summed E-state index contributed by atoms with van der Waals surface area (Å²) in [5.41, 5.74) is 6.73. The summed E-state index contributed by atoms with van der Waals surface area (Å²) in [5, 5.41) is 0. The molecule has 0 spiro atoms. The van der Waals surface area contributed by atoms with Gasteiger partial charge in [0.2, 0.25) is 0 Å². The third kappa shape index (κ3) is 1.42. The Labute approximate surface area is 85.7 Å². The molecule has 0 atom stereocenters. The zero-order valence-corrected chi connectivity index (χ0v) is 8.30. The molecule has 0 bridgehead atoms. The van der Waals surface area contributed by atoms with Crippen molar-refractivity contribution in [2.45, 2.75) is 0 Å². The van der Waals surface area contributed by atoms with Crippen LogP contribution in [0.4, 0.5) is 0 Å². The van der Waals surface area contributed by atoms with Gasteiger partial charge in [-0.2, -0.15) is 0 Å². The van der Waals surface area contributed by atoms with Crippen LogP contribution in [0, 0.1) is 0 Å². The second kappa shape index (κ2) is 3.26. The molecule has 0 aliphatic heterocycles. The molecule has 0 saturated carbocycles. The normalized spacial score (nSPS) is 10.4. The number of thiocarbonyl (C=S) groups is 1. The van der Waals surface area contributed by atoms with Crippen LogP contribution in [0.1, 0.15) is 5.89 Å². The molecule has 0 fully saturated rings. The fourth-order valence-corrected chi connectivity index (χ4v) is 1.23. The quantitative estimate of drug-likeness (QED) is 0.757. The van der Waals surface area contributed by atoms with Gasteiger partial charge in [-0.25, -0.2) is 4.98 Å². The molecule has 0 aliphatic carbocycles. The van der Waals surface area contributed by atoms with Gasteiger partial charge in [-0.15, -0.1) is 0 Å². The molecule has 0 saturated heterocycles. The number of methoxy groups -OCH3 is 1. The molecule has 2 aromatic rings. The van der Waals surface area contributed by atoms with Gasteiger partial charge in [0.05, 0.1) is 7.11 Å². The first kappa shape index (κ1) is 8.96. The Morgan fingerprint density at radius 3 is 3.00 bits per heavy atom. The van der Waals surface area contributed by atoms with Crippen LogP contribution in [0.15, 0.2) is 22.6 Å². The van der Waals surface area contributed by atoms with E-state index in [9.17, 15) is 0 Å². The lowest BCUT2D eigenvalue weighted by Crippen LogP contribution is -2.09. The number of hydrogen-bond acceptors (Lipinski definition) is 4. The lowest BCUT2D eigenvalue weighted by atomic mass is 10.3. The molecule has 2 N–H and O–H groups in total. The second-order valence-corrected chi connectivity index (χ2v) is 3.16. The summed E-state index contributed by atoms with van der Waals surface area (Å²) in [5.74, 6) is 1.00. The third-order valence-corrected chi connectivity index (χ3v) is 1.98. The molecule has 5 heteroatoms. The number of benzene rings is 1. The molecule has 14 heavy (non-hydrogen) atoms. The van der Waals surface area contributed by atoms with Crippen molar-refractivity contribution in [3.63, 3.8) is 0 Å². The fraction of sp³-hybridized carbons (Fsp3) is 0.111. The first-order valence-electron chi connectivity index (χ1n) is 3.95. The highest BCUT2D eigenvalue weighted by molar-refractivity contribution is 7.80. The molecular formula is C9H8N2O2S. The number of fused-ring (bicyclic) bond motifs is 1. The molecule has 1 aromatic carbocycles. The number of oxazole rings is 1. The van der Waals surface area contributed by atoms with Crippen molar-refractivity contribution in [2.24, 2.45) is 5.73 Å². The minimum Gasteiger partial charge on any atom is -0.497 e. The van der Waals surface area contributed by atoms with E-state index in [0.717, 1.165) is 5.75 Å². The van der Waals surface area contributed by atoms with Crippen molar-refractivity contribution >= 4 is 28.3 Å². The highest BCUT2D eigenvalue weighted by atomic mass is 32.1. The summed E-state index contributed by atoms with van der Waals surface area (Å²) in [6.07, 6.45) is 0. The summed E-state index contributed by atoms with van der Waals surface area (Å²) in [4.78, 5) is 4.26. The van der Waals surface area contributed by atoms with E-state index in [0.29, 0.717) is 11.1 Å². The van der Waals surface area contributed by atoms with Gasteiger partial charge >= 0.3 is 0 Å². The van der Waals surface area contributed by atoms with Gasteiger partial charge in [0.15, 0.2) is 10.6 Å². The van der Waals surface area contributed by atoms with E-state index in [4.69, 9.17) is 27.1 Å². The van der Waals surface area contributed by atoms with Crippen molar-refractivity contribution in [1.29, 1.82) is 0 Å². The van der Waals surface area contributed by atoms with E-state index < -0.39 is 0 Å². The maximum atomic E-state index is 5.39. The highest BCUT2D eigenvalue weighted by Gasteiger charge is 2.08. The van der Waals surface area contributed by atoms with Crippen molar-refractivity contribution < 1.29 is 9.15 Å². The number of aromatic nitrogens is 1. The summed E-state index contributed by atoms with van der Waals surface area (Å²) >= 11 is 4.75. The third-order valence-electron chi connectivity index (χ3n) is 1.81. The zero-order valence-electron chi connectivity index (χ0n) is 7.48. The van der Waals surface area contributed by atoms with Gasteiger partial charge in [-0.1, -0.05) is 12.2 Å². The average molecular weight is 208 g/mol. The summed E-state index contributed by atoms with van der Waals surface area (Å²) in [6, 6.07) is 5.32. The van der Waals surface area contributed by atoms with E-state index in [1.807, 2.05) is 0 Å². The van der Waals surface area contributed by atoms with Crippen LogP contribution < -0.4 is 10.5 Å². The van der Waals surface area contributed by atoms with E-state index in [-0.39, 0.29) is 10.9 Å². The predicted octanol–water partition coefficient (Wildman–Crippen LogP) is 1.47. The molecule has 0 unspecified atom stereocenters. The van der Waals surface area contributed by atoms with Crippen LogP contribution in [0.25, 0.3) is 11.1 Å². The number of nitrogens with zero attached hydrogens (tertiary/aromatic N) is 1. The second-order valence-electron chi connectivity index (χ2n) is 2.72. The van der Waals surface area contributed by atoms with E-state index in [1.54, 1.807) is 25.3 Å². The molecule has 0 radical (unpaired) electrons. The average Bonchev–Trinajstić information content (AvgIpc) is 2.59. The monoisotopic (exact) mass is 208 g/mol. The lowest BCUT2D eigenvalue weighted by molar-refractivity contribution is 0.415. The van der Waals surface area contributed by atoms with Crippen LogP contribution in [0.3, 0.4) is 0 Å². The first-order chi connectivity index (χ1) is 6.70. The van der Waals surface area contributed by atoms with Crippen LogP contribution in [-0.2, 0) is 0 Å². The first-order valence-corrected chi connectivity index (χ1v) is 4.36. The van der Waals surface area contributed by atoms with E-state index in [2.05, 4.69) is 4.98 Å². The Morgan fingerprint density at radius 1 is 1.57 bits per heavy atom. The van der Waals surface area contributed by atoms with Gasteiger partial charge in [0.1, 0.15) is 11.3 Å². The summed E-state index contributed by atoms with van der Waals surface area (Å²) < 4.78 is 10.3. The SMILES string of the molecule is COc1ccc2oc(C(N)=S)nc2c1. The maximum Gasteiger partial charge on any atom is 0.255 e. The Hall–Kier alpha value is -1.62. The zero-order chi connectivity index (χ0) is 10.1. The van der Waals surface area contributed by atoms with Crippen LogP contribution in [0.5, 0.6) is 5.75 Å². The Morgan fingerprint density at radius 2 is 2.36 bits per heavy atom. The Kier molecular flexibility index (Phi) is 2.09. The van der Waals surface area contributed by atoms with Crippen molar-refractivity contribution in [1.82, 2.24) is 4.98 Å². The van der Waals surface area contributed by atoms with Crippen LogP contribution in [-0.4, -0.2) is 17.1 Å². The molecule has 1 aromatic heterocycles. The highest BCUT2D eigenvalue weighted by Crippen LogP contribution is 2.20. The number of rotatable bonds is 2. The van der Waals surface area contributed by atoms with Gasteiger partial charge in [-0.3, -0.25) is 0 Å². The predicted molar refractivity (Wildman–Crippen MR) is 56.4 cm³/mol. The smallest absolute Gasteiger partial charge is 0.255 e. The standard InChI is InChI=1S/C9H8N2O2S/c1-12-5-2-3-7-6(4-5)11-9(13-7)8(10)14/h2-4H,1H3,(H2,10,14). The van der Waals surface area contributed by atoms with Gasteiger partial charge in [0.25, 0.3) is 5.89 Å². The van der Waals surface area contributed by atoms with E-state index >= 15 is 0 Å². The van der Waals surface area contributed by atoms with Gasteiger partial charge in [0, 0.05) is 6.07 Å². The van der Waals surface area contributed by atoms with E-state index in [1.165, 1.54) is 0 Å². The minimum atomic E-state index is 0.153. The van der Waals surface area contributed by atoms with Crippen molar-refractivity contribution in [2.75, 3.05) is 7.11 Å².